The number of nitrogens with one attached hydrogen (secondary N) is 2. The summed E-state index contributed by atoms with van der Waals surface area (Å²) in [4.78, 5) is 53.5. The van der Waals surface area contributed by atoms with E-state index in [0.717, 1.165) is 24.8 Å². The lowest BCUT2D eigenvalue weighted by molar-refractivity contribution is -0.145. The minimum absolute atomic E-state index is 0.270. The van der Waals surface area contributed by atoms with E-state index in [1.54, 1.807) is 26.8 Å². The van der Waals surface area contributed by atoms with Crippen molar-refractivity contribution in [3.8, 4) is 0 Å². The minimum atomic E-state index is -0.998. The smallest absolute Gasteiger partial charge is 0.408 e. The van der Waals surface area contributed by atoms with Crippen LogP contribution >= 0.6 is 0 Å². The van der Waals surface area contributed by atoms with Gasteiger partial charge in [-0.2, -0.15) is 0 Å². The van der Waals surface area contributed by atoms with Crippen molar-refractivity contribution in [3.05, 3.63) is 35.4 Å². The van der Waals surface area contributed by atoms with Gasteiger partial charge in [-0.3, -0.25) is 14.4 Å². The molecule has 9 nitrogen and oxygen atoms in total. The van der Waals surface area contributed by atoms with E-state index < -0.39 is 35.7 Å². The van der Waals surface area contributed by atoms with Crippen molar-refractivity contribution >= 4 is 23.9 Å². The van der Waals surface area contributed by atoms with Crippen LogP contribution in [0.4, 0.5) is 4.79 Å². The van der Waals surface area contributed by atoms with Crippen LogP contribution in [0, 0.1) is 12.8 Å². The second kappa shape index (κ2) is 15.2. The summed E-state index contributed by atoms with van der Waals surface area (Å²) in [7, 11) is 1.24. The van der Waals surface area contributed by atoms with E-state index in [0.29, 0.717) is 18.5 Å². The van der Waals surface area contributed by atoms with Crippen molar-refractivity contribution in [1.29, 1.82) is 0 Å². The lowest BCUT2D eigenvalue weighted by Crippen LogP contribution is -2.55. The van der Waals surface area contributed by atoms with Crippen LogP contribution in [0.25, 0.3) is 0 Å². The SMILES string of the molecule is CCCCCCN(C(=O)C(NC(=O)OC(C)(C)C)C(C)C)C(C(=O)NCC(=O)OC)c1ccccc1C. The average Bonchev–Trinajstić information content (AvgIpc) is 2.81. The van der Waals surface area contributed by atoms with Gasteiger partial charge in [0, 0.05) is 6.54 Å². The van der Waals surface area contributed by atoms with Gasteiger partial charge in [0.25, 0.3) is 0 Å². The fourth-order valence-electron chi connectivity index (χ4n) is 3.87. The maximum absolute atomic E-state index is 14.1. The molecule has 1 rings (SSSR count). The number of hydrogen-bond acceptors (Lipinski definition) is 6. The van der Waals surface area contributed by atoms with E-state index >= 15 is 0 Å². The average molecular weight is 520 g/mol. The number of unbranched alkanes of at least 4 members (excludes halogenated alkanes) is 3. The first-order valence-corrected chi connectivity index (χ1v) is 13.0. The topological polar surface area (TPSA) is 114 Å². The Balaban J connectivity index is 3.47. The van der Waals surface area contributed by atoms with Gasteiger partial charge in [-0.1, -0.05) is 64.3 Å². The monoisotopic (exact) mass is 519 g/mol. The number of amides is 3. The molecular formula is C28H45N3O6. The molecule has 208 valence electrons. The maximum Gasteiger partial charge on any atom is 0.408 e. The van der Waals surface area contributed by atoms with Gasteiger partial charge >= 0.3 is 12.1 Å². The molecule has 37 heavy (non-hydrogen) atoms. The Morgan fingerprint density at radius 2 is 1.68 bits per heavy atom. The highest BCUT2D eigenvalue weighted by Crippen LogP contribution is 2.27. The molecule has 0 aliphatic rings. The van der Waals surface area contributed by atoms with Crippen LogP contribution in [0.1, 0.15) is 84.4 Å². The van der Waals surface area contributed by atoms with E-state index in [2.05, 4.69) is 22.3 Å². The Hall–Kier alpha value is -3.10. The van der Waals surface area contributed by atoms with Crippen LogP contribution in [0.2, 0.25) is 0 Å². The number of hydrogen-bond donors (Lipinski definition) is 2. The van der Waals surface area contributed by atoms with Crippen LogP contribution < -0.4 is 10.6 Å². The molecule has 0 radical (unpaired) electrons. The van der Waals surface area contributed by atoms with Gasteiger partial charge in [0.2, 0.25) is 11.8 Å². The summed E-state index contributed by atoms with van der Waals surface area (Å²) in [5.41, 5.74) is 0.744. The van der Waals surface area contributed by atoms with Gasteiger partial charge in [-0.05, 0) is 51.2 Å². The summed E-state index contributed by atoms with van der Waals surface area (Å²) in [5, 5.41) is 5.33. The quantitative estimate of drug-likeness (QED) is 0.297. The Labute approximate surface area is 221 Å². The lowest BCUT2D eigenvalue weighted by atomic mass is 9.96. The molecule has 0 fully saturated rings. The zero-order valence-corrected chi connectivity index (χ0v) is 23.7. The molecule has 0 aliphatic heterocycles. The summed E-state index contributed by atoms with van der Waals surface area (Å²) in [6.45, 7) is 12.9. The molecule has 0 heterocycles. The third-order valence-electron chi connectivity index (χ3n) is 5.82. The molecule has 3 amide bonds. The Bertz CT molecular complexity index is 909. The second-order valence-corrected chi connectivity index (χ2v) is 10.5. The minimum Gasteiger partial charge on any atom is -0.468 e. The van der Waals surface area contributed by atoms with E-state index in [4.69, 9.17) is 4.74 Å². The molecule has 0 saturated carbocycles. The predicted octanol–water partition coefficient (Wildman–Crippen LogP) is 4.28. The van der Waals surface area contributed by atoms with E-state index in [9.17, 15) is 19.2 Å². The Morgan fingerprint density at radius 3 is 2.22 bits per heavy atom. The highest BCUT2D eigenvalue weighted by Gasteiger charge is 2.37. The van der Waals surface area contributed by atoms with Crippen LogP contribution in [0.15, 0.2) is 24.3 Å². The standard InChI is InChI=1S/C28H45N3O6/c1-9-10-11-14-17-31(26(34)23(19(2)3)30-27(35)37-28(5,6)7)24(21-16-13-12-15-20(21)4)25(33)29-18-22(32)36-8/h12-13,15-16,19,23-24H,9-11,14,17-18H2,1-8H3,(H,29,33)(H,30,35). The number of carbonyl (C=O) groups is 4. The van der Waals surface area contributed by atoms with Gasteiger partial charge in [0.05, 0.1) is 7.11 Å². The molecule has 2 unspecified atom stereocenters. The summed E-state index contributed by atoms with van der Waals surface area (Å²) < 4.78 is 10.1. The molecule has 2 atom stereocenters. The first kappa shape index (κ1) is 31.9. The fraction of sp³-hybridized carbons (Fsp3) is 0.643. The molecule has 1 aromatic rings. The predicted molar refractivity (Wildman–Crippen MR) is 143 cm³/mol. The lowest BCUT2D eigenvalue weighted by Gasteiger charge is -2.36. The second-order valence-electron chi connectivity index (χ2n) is 10.5. The van der Waals surface area contributed by atoms with Crippen LogP contribution in [0.5, 0.6) is 0 Å². The molecule has 2 N–H and O–H groups in total. The molecule has 0 saturated heterocycles. The maximum atomic E-state index is 14.1. The first-order chi connectivity index (χ1) is 17.3. The number of nitrogens with zero attached hydrogens (tertiary/aromatic N) is 1. The zero-order valence-electron chi connectivity index (χ0n) is 23.7. The van der Waals surface area contributed by atoms with Gasteiger partial charge in [0.15, 0.2) is 0 Å². The summed E-state index contributed by atoms with van der Waals surface area (Å²) in [5.74, 6) is -1.75. The van der Waals surface area contributed by atoms with Crippen molar-refractivity contribution in [3.63, 3.8) is 0 Å². The summed E-state index contributed by atoms with van der Waals surface area (Å²) >= 11 is 0. The summed E-state index contributed by atoms with van der Waals surface area (Å²) in [6.07, 6.45) is 2.88. The highest BCUT2D eigenvalue weighted by molar-refractivity contribution is 5.93. The number of methoxy groups -OCH3 is 1. The number of rotatable bonds is 13. The third kappa shape index (κ3) is 10.8. The summed E-state index contributed by atoms with van der Waals surface area (Å²) in [6, 6.07) is 5.42. The molecule has 9 heteroatoms. The van der Waals surface area contributed by atoms with Crippen LogP contribution in [0.3, 0.4) is 0 Å². The highest BCUT2D eigenvalue weighted by atomic mass is 16.6. The molecule has 0 spiro atoms. The number of carbonyl (C=O) groups excluding carboxylic acids is 4. The van der Waals surface area contributed by atoms with Gasteiger partial charge in [-0.15, -0.1) is 0 Å². The van der Waals surface area contributed by atoms with Crippen LogP contribution in [-0.2, 0) is 23.9 Å². The van der Waals surface area contributed by atoms with Crippen molar-refractivity contribution in [2.45, 2.75) is 91.8 Å². The first-order valence-electron chi connectivity index (χ1n) is 13.0. The molecule has 0 bridgehead atoms. The largest absolute Gasteiger partial charge is 0.468 e. The number of alkyl carbamates (subject to hydrolysis) is 1. The number of benzene rings is 1. The van der Waals surface area contributed by atoms with Crippen molar-refractivity contribution in [1.82, 2.24) is 15.5 Å². The van der Waals surface area contributed by atoms with Gasteiger partial charge in [0.1, 0.15) is 24.2 Å². The van der Waals surface area contributed by atoms with E-state index in [1.807, 2.05) is 39.0 Å². The zero-order chi connectivity index (χ0) is 28.2. The van der Waals surface area contributed by atoms with E-state index in [1.165, 1.54) is 12.0 Å². The number of esters is 1. The van der Waals surface area contributed by atoms with Gasteiger partial charge in [-0.25, -0.2) is 4.79 Å². The van der Waals surface area contributed by atoms with Crippen LogP contribution in [-0.4, -0.2) is 60.6 Å². The molecule has 1 aromatic carbocycles. The molecular weight excluding hydrogens is 474 g/mol. The fourth-order valence-corrected chi connectivity index (χ4v) is 3.87. The van der Waals surface area contributed by atoms with Crippen molar-refractivity contribution in [2.75, 3.05) is 20.2 Å². The van der Waals surface area contributed by atoms with E-state index in [-0.39, 0.29) is 18.4 Å². The van der Waals surface area contributed by atoms with Crippen molar-refractivity contribution < 1.29 is 28.7 Å². The molecule has 0 aromatic heterocycles. The Kier molecular flexibility index (Phi) is 13.1. The number of ether oxygens (including phenoxy) is 2. The van der Waals surface area contributed by atoms with Gasteiger partial charge < -0.3 is 25.0 Å². The third-order valence-corrected chi connectivity index (χ3v) is 5.82. The van der Waals surface area contributed by atoms with Crippen molar-refractivity contribution in [2.24, 2.45) is 5.92 Å². The Morgan fingerprint density at radius 1 is 1.03 bits per heavy atom. The number of aryl methyl sites for hydroxylation is 1. The molecule has 0 aliphatic carbocycles. The normalized spacial score (nSPS) is 12.9.